The van der Waals surface area contributed by atoms with Gasteiger partial charge in [-0.25, -0.2) is 4.79 Å². The third kappa shape index (κ3) is 5.22. The molecule has 1 N–H and O–H groups in total. The first-order valence-corrected chi connectivity index (χ1v) is 7.35. The van der Waals surface area contributed by atoms with E-state index in [9.17, 15) is 29.8 Å². The van der Waals surface area contributed by atoms with E-state index in [1.54, 1.807) is 0 Å². The lowest BCUT2D eigenvalue weighted by Gasteiger charge is -2.08. The Kier molecular flexibility index (Phi) is 5.99. The number of carbonyl (C=O) groups excluding carboxylic acids is 2. The minimum absolute atomic E-state index is 0.234. The van der Waals surface area contributed by atoms with Crippen LogP contribution in [-0.4, -0.2) is 35.4 Å². The molecule has 0 radical (unpaired) electrons. The van der Waals surface area contributed by atoms with Gasteiger partial charge in [0.25, 0.3) is 17.3 Å². The number of non-ortho nitro benzene ring substituents is 2. The molecule has 0 atom stereocenters. The number of nitrogens with zero attached hydrogens (tertiary/aromatic N) is 2. The lowest BCUT2D eigenvalue weighted by molar-refractivity contribution is -0.394. The number of nitro benzene ring substituents is 2. The fraction of sp³-hybridized carbons (Fsp3) is 0.125. The van der Waals surface area contributed by atoms with Gasteiger partial charge in [0.2, 0.25) is 0 Å². The van der Waals surface area contributed by atoms with Gasteiger partial charge in [-0.3, -0.25) is 25.0 Å². The van der Waals surface area contributed by atoms with Crippen LogP contribution < -0.4 is 10.1 Å². The molecule has 0 aliphatic heterocycles. The number of benzene rings is 2. The molecule has 0 spiro atoms. The van der Waals surface area contributed by atoms with E-state index >= 15 is 0 Å². The molecule has 1 amide bonds. The summed E-state index contributed by atoms with van der Waals surface area (Å²) in [5.41, 5.74) is -1.05. The van der Waals surface area contributed by atoms with E-state index in [4.69, 9.17) is 4.74 Å². The van der Waals surface area contributed by atoms with E-state index in [0.29, 0.717) is 11.4 Å². The molecule has 0 heterocycles. The predicted octanol–water partition coefficient (Wildman–Crippen LogP) is 2.31. The molecule has 27 heavy (non-hydrogen) atoms. The number of ether oxygens (including phenoxy) is 2. The number of anilines is 1. The monoisotopic (exact) mass is 375 g/mol. The zero-order valence-electron chi connectivity index (χ0n) is 13.9. The number of amides is 1. The van der Waals surface area contributed by atoms with E-state index in [2.05, 4.69) is 10.1 Å². The standard InChI is InChI=1S/C16H13N3O8/c1-26-15(20)9-27-14-4-2-11(3-5-14)17-16(21)10-6-12(18(22)23)8-13(7-10)19(24)25/h2-8H,9H2,1H3,(H,17,21). The highest BCUT2D eigenvalue weighted by molar-refractivity contribution is 6.05. The first kappa shape index (κ1) is 19.3. The Morgan fingerprint density at radius 2 is 1.56 bits per heavy atom. The molecule has 11 nitrogen and oxygen atoms in total. The Labute approximate surface area is 151 Å². The van der Waals surface area contributed by atoms with Gasteiger partial charge in [0, 0.05) is 17.8 Å². The van der Waals surface area contributed by atoms with Crippen molar-refractivity contribution >= 4 is 28.9 Å². The van der Waals surface area contributed by atoms with E-state index in [-0.39, 0.29) is 12.2 Å². The summed E-state index contributed by atoms with van der Waals surface area (Å²) in [6.07, 6.45) is 0. The van der Waals surface area contributed by atoms with Crippen LogP contribution in [0.3, 0.4) is 0 Å². The van der Waals surface area contributed by atoms with Crippen LogP contribution in [0.5, 0.6) is 5.75 Å². The van der Waals surface area contributed by atoms with Gasteiger partial charge in [-0.2, -0.15) is 0 Å². The number of nitrogens with one attached hydrogen (secondary N) is 1. The van der Waals surface area contributed by atoms with Gasteiger partial charge in [0.1, 0.15) is 5.75 Å². The van der Waals surface area contributed by atoms with Gasteiger partial charge in [-0.15, -0.1) is 0 Å². The number of nitro groups is 2. The van der Waals surface area contributed by atoms with Crippen molar-refractivity contribution in [1.29, 1.82) is 0 Å². The van der Waals surface area contributed by atoms with Crippen molar-refractivity contribution in [2.75, 3.05) is 19.0 Å². The molecule has 0 aliphatic rings. The summed E-state index contributed by atoms with van der Waals surface area (Å²) in [5, 5.41) is 24.2. The molecule has 2 aromatic rings. The topological polar surface area (TPSA) is 151 Å². The van der Waals surface area contributed by atoms with Gasteiger partial charge in [0.15, 0.2) is 6.61 Å². The second-order valence-corrected chi connectivity index (χ2v) is 5.10. The fourth-order valence-corrected chi connectivity index (χ4v) is 1.98. The van der Waals surface area contributed by atoms with Crippen LogP contribution in [0.2, 0.25) is 0 Å². The lowest BCUT2D eigenvalue weighted by Crippen LogP contribution is -2.13. The zero-order chi connectivity index (χ0) is 20.0. The Balaban J connectivity index is 2.13. The van der Waals surface area contributed by atoms with Gasteiger partial charge in [0.05, 0.1) is 28.6 Å². The number of carbonyl (C=O) groups is 2. The van der Waals surface area contributed by atoms with E-state index < -0.39 is 33.1 Å². The second kappa shape index (κ2) is 8.38. The summed E-state index contributed by atoms with van der Waals surface area (Å²) in [6, 6.07) is 8.55. The van der Waals surface area contributed by atoms with Crippen LogP contribution >= 0.6 is 0 Å². The molecule has 0 aliphatic carbocycles. The van der Waals surface area contributed by atoms with Gasteiger partial charge < -0.3 is 14.8 Å². The molecule has 0 saturated heterocycles. The molecule has 0 fully saturated rings. The highest BCUT2D eigenvalue weighted by atomic mass is 16.6. The molecule has 140 valence electrons. The third-order valence-electron chi connectivity index (χ3n) is 3.28. The largest absolute Gasteiger partial charge is 0.482 e. The average molecular weight is 375 g/mol. The molecule has 11 heteroatoms. The first-order valence-electron chi connectivity index (χ1n) is 7.35. The number of rotatable bonds is 7. The summed E-state index contributed by atoms with van der Waals surface area (Å²) < 4.78 is 9.58. The Morgan fingerprint density at radius 1 is 1.00 bits per heavy atom. The third-order valence-corrected chi connectivity index (χ3v) is 3.28. The van der Waals surface area contributed by atoms with Gasteiger partial charge >= 0.3 is 5.97 Å². The van der Waals surface area contributed by atoms with Gasteiger partial charge in [-0.05, 0) is 24.3 Å². The molecular weight excluding hydrogens is 362 g/mol. The summed E-state index contributed by atoms with van der Waals surface area (Å²) in [5.74, 6) is -0.964. The van der Waals surface area contributed by atoms with Crippen molar-refractivity contribution in [3.63, 3.8) is 0 Å². The summed E-state index contributed by atoms with van der Waals surface area (Å²) in [7, 11) is 1.22. The van der Waals surface area contributed by atoms with Crippen molar-refractivity contribution in [2.24, 2.45) is 0 Å². The highest BCUT2D eigenvalue weighted by Crippen LogP contribution is 2.24. The Morgan fingerprint density at radius 3 is 2.04 bits per heavy atom. The summed E-state index contributed by atoms with van der Waals surface area (Å²) >= 11 is 0. The van der Waals surface area contributed by atoms with E-state index in [1.165, 1.54) is 31.4 Å². The predicted molar refractivity (Wildman–Crippen MR) is 91.7 cm³/mol. The van der Waals surface area contributed by atoms with Gasteiger partial charge in [-0.1, -0.05) is 0 Å². The van der Waals surface area contributed by atoms with Crippen molar-refractivity contribution < 1.29 is 28.9 Å². The summed E-state index contributed by atoms with van der Waals surface area (Å²) in [4.78, 5) is 43.4. The van der Waals surface area contributed by atoms with Crippen molar-refractivity contribution in [1.82, 2.24) is 0 Å². The van der Waals surface area contributed by atoms with Crippen molar-refractivity contribution in [3.8, 4) is 5.75 Å². The smallest absolute Gasteiger partial charge is 0.343 e. The summed E-state index contributed by atoms with van der Waals surface area (Å²) in [6.45, 7) is -0.278. The molecule has 0 aromatic heterocycles. The fourth-order valence-electron chi connectivity index (χ4n) is 1.98. The maximum Gasteiger partial charge on any atom is 0.343 e. The van der Waals surface area contributed by atoms with Crippen molar-refractivity contribution in [3.05, 3.63) is 68.3 Å². The normalized spacial score (nSPS) is 9.96. The maximum atomic E-state index is 12.3. The molecule has 2 aromatic carbocycles. The maximum absolute atomic E-state index is 12.3. The number of hydrogen-bond acceptors (Lipinski definition) is 8. The minimum atomic E-state index is -0.822. The molecule has 0 saturated carbocycles. The number of hydrogen-bond donors (Lipinski definition) is 1. The van der Waals surface area contributed by atoms with Crippen LogP contribution in [0.1, 0.15) is 10.4 Å². The van der Waals surface area contributed by atoms with E-state index in [0.717, 1.165) is 18.2 Å². The average Bonchev–Trinajstić information content (AvgIpc) is 2.66. The van der Waals surface area contributed by atoms with E-state index in [1.807, 2.05) is 0 Å². The van der Waals surface area contributed by atoms with Crippen LogP contribution in [0.4, 0.5) is 17.1 Å². The molecule has 0 bridgehead atoms. The zero-order valence-corrected chi connectivity index (χ0v) is 13.9. The van der Waals surface area contributed by atoms with Crippen molar-refractivity contribution in [2.45, 2.75) is 0 Å². The van der Waals surface area contributed by atoms with Crippen LogP contribution in [0.15, 0.2) is 42.5 Å². The quantitative estimate of drug-likeness (QED) is 0.440. The molecule has 2 rings (SSSR count). The highest BCUT2D eigenvalue weighted by Gasteiger charge is 2.20. The number of methoxy groups -OCH3 is 1. The SMILES string of the molecule is COC(=O)COc1ccc(NC(=O)c2cc([N+](=O)[O-])cc([N+](=O)[O-])c2)cc1. The lowest BCUT2D eigenvalue weighted by atomic mass is 10.1. The van der Waals surface area contributed by atoms with Crippen LogP contribution in [0.25, 0.3) is 0 Å². The Hall–Kier alpha value is -4.02. The first-order chi connectivity index (χ1) is 12.8. The molecular formula is C16H13N3O8. The van der Waals surface area contributed by atoms with Crippen LogP contribution in [-0.2, 0) is 9.53 Å². The molecule has 0 unspecified atom stereocenters. The van der Waals surface area contributed by atoms with Crippen LogP contribution in [0, 0.1) is 20.2 Å². The minimum Gasteiger partial charge on any atom is -0.482 e. The number of esters is 1. The second-order valence-electron chi connectivity index (χ2n) is 5.10. The Bertz CT molecular complexity index is 863.